The summed E-state index contributed by atoms with van der Waals surface area (Å²) in [4.78, 5) is 44.2. The van der Waals surface area contributed by atoms with Crippen LogP contribution in [0.3, 0.4) is 0 Å². The quantitative estimate of drug-likeness (QED) is 0.143. The molecule has 4 aliphatic rings. The molecule has 0 unspecified atom stereocenters. The molecule has 1 saturated heterocycles. The van der Waals surface area contributed by atoms with Gasteiger partial charge < -0.3 is 14.2 Å². The highest BCUT2D eigenvalue weighted by molar-refractivity contribution is 6.27. The Kier molecular flexibility index (Phi) is 4.94. The summed E-state index contributed by atoms with van der Waals surface area (Å²) in [5, 5.41) is 3.48. The summed E-state index contributed by atoms with van der Waals surface area (Å²) in [5.74, 6) is -2.70. The summed E-state index contributed by atoms with van der Waals surface area (Å²) in [6.07, 6.45) is 2.00. The Morgan fingerprint density at radius 2 is 1.40 bits per heavy atom. The van der Waals surface area contributed by atoms with Crippen LogP contribution in [0.15, 0.2) is 103 Å². The zero-order valence-electron chi connectivity index (χ0n) is 22.7. The molecule has 0 aromatic heterocycles. The molecule has 0 N–H and O–H groups in total. The fraction of sp³-hybridized carbons (Fsp3) is 0.139. The summed E-state index contributed by atoms with van der Waals surface area (Å²) in [6.45, 7) is 0.122. The van der Waals surface area contributed by atoms with Crippen LogP contribution in [0.2, 0.25) is 0 Å². The Morgan fingerprint density at radius 1 is 0.674 bits per heavy atom. The summed E-state index contributed by atoms with van der Waals surface area (Å²) in [5.41, 5.74) is 2.80. The van der Waals surface area contributed by atoms with E-state index in [9.17, 15) is 14.4 Å². The van der Waals surface area contributed by atoms with Gasteiger partial charge in [0.25, 0.3) is 0 Å². The minimum atomic E-state index is -0.936. The molecule has 0 bridgehead atoms. The van der Waals surface area contributed by atoms with Crippen molar-refractivity contribution in [2.75, 3.05) is 11.7 Å². The third-order valence-electron chi connectivity index (χ3n) is 9.27. The van der Waals surface area contributed by atoms with Crippen molar-refractivity contribution >= 4 is 50.6 Å². The van der Waals surface area contributed by atoms with Gasteiger partial charge >= 0.3 is 5.97 Å². The standard InChI is InChI=1S/C36H23NO6/c38-34-30-25(21-13-15-28-29(16-21)42-18-41-28)17-26-24-14-12-20-7-2-4-10-23(20)33(24)43-36(40)31(26)32(30)35(39)37(34)27-11-5-8-19-6-1-3-9-22(19)27/h1-17,25,30-32H,18H2/t25-,30+,31-,32-/m1/s1. The average Bonchev–Trinajstić information content (AvgIpc) is 3.62. The minimum absolute atomic E-state index is 0.122. The van der Waals surface area contributed by atoms with E-state index in [1.54, 1.807) is 6.07 Å². The van der Waals surface area contributed by atoms with Gasteiger partial charge in [-0.25, -0.2) is 4.90 Å². The second-order valence-corrected chi connectivity index (χ2v) is 11.4. The van der Waals surface area contributed by atoms with Gasteiger partial charge in [0.15, 0.2) is 11.5 Å². The monoisotopic (exact) mass is 565 g/mol. The molecule has 0 spiro atoms. The Labute approximate surface area is 245 Å². The fourth-order valence-electron chi connectivity index (χ4n) is 7.38. The topological polar surface area (TPSA) is 82.1 Å². The maximum absolute atomic E-state index is 14.5. The molecule has 208 valence electrons. The van der Waals surface area contributed by atoms with Crippen LogP contribution in [0.4, 0.5) is 5.69 Å². The van der Waals surface area contributed by atoms with Gasteiger partial charge in [0, 0.05) is 22.3 Å². The van der Waals surface area contributed by atoms with Crippen molar-refractivity contribution in [3.63, 3.8) is 0 Å². The summed E-state index contributed by atoms with van der Waals surface area (Å²) >= 11 is 0. The minimum Gasteiger partial charge on any atom is -0.454 e. The van der Waals surface area contributed by atoms with E-state index in [1.807, 2.05) is 97.1 Å². The van der Waals surface area contributed by atoms with Gasteiger partial charge in [0.05, 0.1) is 23.4 Å². The first-order valence-electron chi connectivity index (χ1n) is 14.3. The predicted octanol–water partition coefficient (Wildman–Crippen LogP) is 6.24. The molecular weight excluding hydrogens is 542 g/mol. The van der Waals surface area contributed by atoms with E-state index < -0.39 is 35.5 Å². The highest BCUT2D eigenvalue weighted by Crippen LogP contribution is 2.56. The van der Waals surface area contributed by atoms with E-state index in [1.165, 1.54) is 4.90 Å². The third kappa shape index (κ3) is 3.33. The first-order chi connectivity index (χ1) is 21.1. The number of rotatable bonds is 2. The average molecular weight is 566 g/mol. The van der Waals surface area contributed by atoms with Gasteiger partial charge in [-0.1, -0.05) is 84.9 Å². The second kappa shape index (κ2) is 8.79. The number of anilines is 1. The molecule has 0 saturated carbocycles. The number of fused-ring (bicyclic) bond motifs is 9. The number of hydrogen-bond acceptors (Lipinski definition) is 6. The largest absolute Gasteiger partial charge is 0.454 e. The number of carbonyl (C=O) groups is 3. The molecule has 9 rings (SSSR count). The fourth-order valence-corrected chi connectivity index (χ4v) is 7.38. The van der Waals surface area contributed by atoms with Crippen LogP contribution >= 0.6 is 0 Å². The highest BCUT2D eigenvalue weighted by Gasteiger charge is 2.60. The first kappa shape index (κ1) is 24.2. The van der Waals surface area contributed by atoms with Gasteiger partial charge in [-0.2, -0.15) is 0 Å². The first-order valence-corrected chi connectivity index (χ1v) is 14.3. The van der Waals surface area contributed by atoms with Gasteiger partial charge in [0.1, 0.15) is 5.75 Å². The van der Waals surface area contributed by atoms with Crippen LogP contribution < -0.4 is 19.1 Å². The lowest BCUT2D eigenvalue weighted by Crippen LogP contribution is -2.42. The molecule has 2 amide bonds. The van der Waals surface area contributed by atoms with Crippen molar-refractivity contribution in [3.05, 3.63) is 114 Å². The molecule has 4 atom stereocenters. The Bertz CT molecular complexity index is 2090. The zero-order valence-corrected chi connectivity index (χ0v) is 22.7. The number of amides is 2. The number of esters is 1. The number of allylic oxidation sites excluding steroid dienone is 1. The van der Waals surface area contributed by atoms with Crippen molar-refractivity contribution < 1.29 is 28.6 Å². The van der Waals surface area contributed by atoms with Crippen molar-refractivity contribution in [1.82, 2.24) is 0 Å². The van der Waals surface area contributed by atoms with Gasteiger partial charge in [-0.15, -0.1) is 0 Å². The molecule has 7 nitrogen and oxygen atoms in total. The van der Waals surface area contributed by atoms with E-state index in [2.05, 4.69) is 0 Å². The van der Waals surface area contributed by atoms with Crippen LogP contribution in [0, 0.1) is 17.8 Å². The van der Waals surface area contributed by atoms with Crippen molar-refractivity contribution in [3.8, 4) is 17.2 Å². The lowest BCUT2D eigenvalue weighted by atomic mass is 9.64. The molecule has 5 aromatic carbocycles. The summed E-state index contributed by atoms with van der Waals surface area (Å²) in [7, 11) is 0. The third-order valence-corrected chi connectivity index (χ3v) is 9.27. The normalized spacial score (nSPS) is 23.6. The predicted molar refractivity (Wildman–Crippen MR) is 160 cm³/mol. The van der Waals surface area contributed by atoms with E-state index in [0.717, 1.165) is 32.7 Å². The maximum atomic E-state index is 14.5. The highest BCUT2D eigenvalue weighted by atomic mass is 16.7. The molecule has 5 aromatic rings. The molecule has 0 radical (unpaired) electrons. The number of ether oxygens (including phenoxy) is 3. The van der Waals surface area contributed by atoms with Gasteiger partial charge in [-0.3, -0.25) is 14.4 Å². The lowest BCUT2D eigenvalue weighted by Gasteiger charge is -2.38. The van der Waals surface area contributed by atoms with E-state index in [-0.39, 0.29) is 12.7 Å². The maximum Gasteiger partial charge on any atom is 0.319 e. The number of hydrogen-bond donors (Lipinski definition) is 0. The van der Waals surface area contributed by atoms with Crippen LogP contribution in [0.1, 0.15) is 17.0 Å². The zero-order chi connectivity index (χ0) is 28.8. The second-order valence-electron chi connectivity index (χ2n) is 11.4. The molecule has 1 aliphatic carbocycles. The van der Waals surface area contributed by atoms with Crippen molar-refractivity contribution in [2.45, 2.75) is 5.92 Å². The smallest absolute Gasteiger partial charge is 0.319 e. The number of benzene rings is 5. The van der Waals surface area contributed by atoms with Crippen LogP contribution in [0.25, 0.3) is 27.1 Å². The van der Waals surface area contributed by atoms with Gasteiger partial charge in [-0.05, 0) is 40.1 Å². The van der Waals surface area contributed by atoms with E-state index in [4.69, 9.17) is 14.2 Å². The summed E-state index contributed by atoms with van der Waals surface area (Å²) in [6, 6.07) is 30.6. The molecule has 43 heavy (non-hydrogen) atoms. The van der Waals surface area contributed by atoms with E-state index in [0.29, 0.717) is 28.5 Å². The number of imide groups is 1. The van der Waals surface area contributed by atoms with Gasteiger partial charge in [0.2, 0.25) is 18.6 Å². The molecule has 3 heterocycles. The lowest BCUT2D eigenvalue weighted by molar-refractivity contribution is -0.142. The molecular formula is C36H23NO6. The Balaban J connectivity index is 1.27. The number of nitrogens with zero attached hydrogens (tertiary/aromatic N) is 1. The van der Waals surface area contributed by atoms with Crippen LogP contribution in [0.5, 0.6) is 17.2 Å². The molecule has 7 heteroatoms. The van der Waals surface area contributed by atoms with Crippen LogP contribution in [-0.2, 0) is 14.4 Å². The molecule has 3 aliphatic heterocycles. The van der Waals surface area contributed by atoms with Crippen molar-refractivity contribution in [2.24, 2.45) is 17.8 Å². The SMILES string of the molecule is O=C1Oc2c(ccc3ccccc23)C2=C[C@H](c3ccc4c(c3)OCO4)[C@@H]3C(=O)N(c4cccc5ccccc45)C(=O)[C@H]3[C@H]12. The Hall–Kier alpha value is -5.43. The van der Waals surface area contributed by atoms with Crippen molar-refractivity contribution in [1.29, 1.82) is 0 Å². The van der Waals surface area contributed by atoms with E-state index >= 15 is 0 Å². The summed E-state index contributed by atoms with van der Waals surface area (Å²) < 4.78 is 17.2. The Morgan fingerprint density at radius 3 is 2.26 bits per heavy atom. The molecule has 1 fully saturated rings. The number of carbonyl (C=O) groups excluding carboxylic acids is 3. The van der Waals surface area contributed by atoms with Crippen LogP contribution in [-0.4, -0.2) is 24.6 Å².